The van der Waals surface area contributed by atoms with E-state index in [0.29, 0.717) is 17.7 Å². The van der Waals surface area contributed by atoms with Crippen LogP contribution in [0.3, 0.4) is 0 Å². The van der Waals surface area contributed by atoms with E-state index in [1.54, 1.807) is 0 Å². The van der Waals surface area contributed by atoms with Crippen LogP contribution in [0.15, 0.2) is 42.6 Å². The first-order valence-electron chi connectivity index (χ1n) is 6.76. The van der Waals surface area contributed by atoms with Crippen molar-refractivity contribution >= 4 is 11.7 Å². The number of rotatable bonds is 6. The van der Waals surface area contributed by atoms with Crippen LogP contribution in [0.1, 0.15) is 33.3 Å². The summed E-state index contributed by atoms with van der Waals surface area (Å²) in [6.07, 6.45) is 1.32. The van der Waals surface area contributed by atoms with Crippen LogP contribution in [0, 0.1) is 0 Å². The fourth-order valence-corrected chi connectivity index (χ4v) is 1.99. The predicted molar refractivity (Wildman–Crippen MR) is 79.3 cm³/mol. The van der Waals surface area contributed by atoms with Crippen molar-refractivity contribution in [3.05, 3.63) is 59.4 Å². The summed E-state index contributed by atoms with van der Waals surface area (Å²) in [6, 6.07) is 11.1. The molecule has 1 amide bonds. The Morgan fingerprint density at radius 1 is 1.29 bits per heavy atom. The Morgan fingerprint density at radius 2 is 2.00 bits per heavy atom. The minimum Gasteiger partial charge on any atom is -0.391 e. The van der Waals surface area contributed by atoms with Crippen LogP contribution >= 0.6 is 0 Å². The number of benzene rings is 1. The minimum absolute atomic E-state index is 0.102. The van der Waals surface area contributed by atoms with E-state index in [0.717, 1.165) is 5.56 Å². The molecule has 0 saturated heterocycles. The van der Waals surface area contributed by atoms with Gasteiger partial charge >= 0.3 is 0 Å². The van der Waals surface area contributed by atoms with Crippen LogP contribution < -0.4 is 5.32 Å². The number of carbonyl (C=O) groups excluding carboxylic acids is 2. The van der Waals surface area contributed by atoms with E-state index in [2.05, 4.69) is 10.3 Å². The molecule has 0 radical (unpaired) electrons. The van der Waals surface area contributed by atoms with Gasteiger partial charge in [-0.3, -0.25) is 9.59 Å². The average molecular weight is 286 g/mol. The van der Waals surface area contributed by atoms with Crippen molar-refractivity contribution < 1.29 is 14.7 Å². The molecule has 2 rings (SSSR count). The number of hydrogen-bond donors (Lipinski definition) is 3. The van der Waals surface area contributed by atoms with Crippen LogP contribution in [0.2, 0.25) is 0 Å². The molecule has 21 heavy (non-hydrogen) atoms. The number of aliphatic hydroxyl groups is 1. The number of hydrogen-bond acceptors (Lipinski definition) is 3. The number of carbonyl (C=O) groups is 2. The lowest BCUT2D eigenvalue weighted by Gasteiger charge is -2.11. The maximum absolute atomic E-state index is 11.9. The standard InChI is InChI=1S/C16H18N2O3/c1-11(19)13-8-15(17-9-13)16(21)18-10-14(20)7-12-5-3-2-4-6-12/h2-6,8-9,14,17,20H,7,10H2,1H3,(H,18,21). The van der Waals surface area contributed by atoms with Gasteiger partial charge in [0.2, 0.25) is 0 Å². The SMILES string of the molecule is CC(=O)c1c[nH]c(C(=O)NCC(O)Cc2ccccc2)c1. The third-order valence-corrected chi connectivity index (χ3v) is 3.15. The molecule has 0 aliphatic carbocycles. The summed E-state index contributed by atoms with van der Waals surface area (Å²) in [6.45, 7) is 1.59. The van der Waals surface area contributed by atoms with Crippen LogP contribution in [-0.2, 0) is 6.42 Å². The molecule has 0 bridgehead atoms. The van der Waals surface area contributed by atoms with Crippen molar-refractivity contribution in [2.45, 2.75) is 19.4 Å². The molecule has 5 nitrogen and oxygen atoms in total. The predicted octanol–water partition coefficient (Wildman–Crippen LogP) is 1.55. The highest BCUT2D eigenvalue weighted by Crippen LogP contribution is 2.05. The van der Waals surface area contributed by atoms with Gasteiger partial charge in [0, 0.05) is 24.7 Å². The van der Waals surface area contributed by atoms with Crippen molar-refractivity contribution in [3.8, 4) is 0 Å². The zero-order chi connectivity index (χ0) is 15.2. The van der Waals surface area contributed by atoms with Crippen molar-refractivity contribution in [3.63, 3.8) is 0 Å². The summed E-state index contributed by atoms with van der Waals surface area (Å²) in [7, 11) is 0. The Hall–Kier alpha value is -2.40. The second kappa shape index (κ2) is 6.85. The Bertz CT molecular complexity index is 619. The molecule has 0 aliphatic rings. The van der Waals surface area contributed by atoms with E-state index < -0.39 is 6.10 Å². The molecule has 1 unspecified atom stereocenters. The van der Waals surface area contributed by atoms with Crippen LogP contribution in [-0.4, -0.2) is 34.4 Å². The third kappa shape index (κ3) is 4.29. The fraction of sp³-hybridized carbons (Fsp3) is 0.250. The van der Waals surface area contributed by atoms with E-state index in [9.17, 15) is 14.7 Å². The van der Waals surface area contributed by atoms with Gasteiger partial charge in [-0.15, -0.1) is 0 Å². The van der Waals surface area contributed by atoms with Gasteiger partial charge in [-0.2, -0.15) is 0 Å². The van der Waals surface area contributed by atoms with Gasteiger partial charge in [-0.05, 0) is 18.6 Å². The Balaban J connectivity index is 1.84. The normalized spacial score (nSPS) is 11.9. The smallest absolute Gasteiger partial charge is 0.267 e. The van der Waals surface area contributed by atoms with Crippen molar-refractivity contribution in [1.29, 1.82) is 0 Å². The summed E-state index contributed by atoms with van der Waals surface area (Å²) < 4.78 is 0. The topological polar surface area (TPSA) is 82.2 Å². The largest absolute Gasteiger partial charge is 0.391 e. The van der Waals surface area contributed by atoms with Gasteiger partial charge < -0.3 is 15.4 Å². The average Bonchev–Trinajstić information content (AvgIpc) is 2.96. The number of amides is 1. The van der Waals surface area contributed by atoms with Gasteiger partial charge in [0.15, 0.2) is 5.78 Å². The molecule has 1 aromatic heterocycles. The molecule has 2 aromatic rings. The second-order valence-corrected chi connectivity index (χ2v) is 4.91. The minimum atomic E-state index is -0.654. The zero-order valence-electron chi connectivity index (χ0n) is 11.8. The molecule has 1 atom stereocenters. The van der Waals surface area contributed by atoms with E-state index in [-0.39, 0.29) is 18.2 Å². The van der Waals surface area contributed by atoms with Gasteiger partial charge in [-0.25, -0.2) is 0 Å². The van der Waals surface area contributed by atoms with Gasteiger partial charge in [0.25, 0.3) is 5.91 Å². The number of aromatic nitrogens is 1. The van der Waals surface area contributed by atoms with Crippen LogP contribution in [0.5, 0.6) is 0 Å². The van der Waals surface area contributed by atoms with Crippen molar-refractivity contribution in [2.75, 3.05) is 6.54 Å². The Kier molecular flexibility index (Phi) is 4.90. The highest BCUT2D eigenvalue weighted by Gasteiger charge is 2.12. The lowest BCUT2D eigenvalue weighted by atomic mass is 10.1. The molecular formula is C16H18N2O3. The number of H-pyrrole nitrogens is 1. The second-order valence-electron chi connectivity index (χ2n) is 4.91. The summed E-state index contributed by atoms with van der Waals surface area (Å²) in [5.41, 5.74) is 1.79. The number of aliphatic hydroxyl groups excluding tert-OH is 1. The van der Waals surface area contributed by atoms with E-state index in [4.69, 9.17) is 0 Å². The first-order valence-corrected chi connectivity index (χ1v) is 6.76. The maximum atomic E-state index is 11.9. The molecule has 0 saturated carbocycles. The molecule has 0 spiro atoms. The molecule has 5 heteroatoms. The Labute approximate surface area is 123 Å². The molecule has 1 heterocycles. The van der Waals surface area contributed by atoms with E-state index in [1.807, 2.05) is 30.3 Å². The number of nitrogens with one attached hydrogen (secondary N) is 2. The lowest BCUT2D eigenvalue weighted by Crippen LogP contribution is -2.33. The van der Waals surface area contributed by atoms with E-state index in [1.165, 1.54) is 19.2 Å². The number of ketones is 1. The highest BCUT2D eigenvalue weighted by atomic mass is 16.3. The summed E-state index contributed by atoms with van der Waals surface area (Å²) in [5, 5.41) is 12.6. The van der Waals surface area contributed by atoms with Crippen LogP contribution in [0.25, 0.3) is 0 Å². The molecule has 1 aromatic carbocycles. The highest BCUT2D eigenvalue weighted by molar-refractivity contribution is 5.99. The summed E-state index contributed by atoms with van der Waals surface area (Å²) >= 11 is 0. The summed E-state index contributed by atoms with van der Waals surface area (Å²) in [5.74, 6) is -0.441. The monoisotopic (exact) mass is 286 g/mol. The number of aromatic amines is 1. The molecule has 0 aliphatic heterocycles. The Morgan fingerprint density at radius 3 is 2.62 bits per heavy atom. The molecular weight excluding hydrogens is 268 g/mol. The fourth-order valence-electron chi connectivity index (χ4n) is 1.99. The third-order valence-electron chi connectivity index (χ3n) is 3.15. The van der Waals surface area contributed by atoms with Gasteiger partial charge in [-0.1, -0.05) is 30.3 Å². The van der Waals surface area contributed by atoms with Gasteiger partial charge in [0.05, 0.1) is 6.10 Å². The quantitative estimate of drug-likeness (QED) is 0.705. The lowest BCUT2D eigenvalue weighted by molar-refractivity contribution is 0.0911. The first kappa shape index (κ1) is 15.0. The molecule has 3 N–H and O–H groups in total. The number of Topliss-reactive ketones (excluding diaryl/α,β-unsaturated/α-hetero) is 1. The van der Waals surface area contributed by atoms with Crippen molar-refractivity contribution in [1.82, 2.24) is 10.3 Å². The van der Waals surface area contributed by atoms with E-state index >= 15 is 0 Å². The van der Waals surface area contributed by atoms with Crippen molar-refractivity contribution in [2.24, 2.45) is 0 Å². The molecule has 110 valence electrons. The first-order chi connectivity index (χ1) is 10.1. The zero-order valence-corrected chi connectivity index (χ0v) is 11.8. The molecule has 0 fully saturated rings. The van der Waals surface area contributed by atoms with Gasteiger partial charge in [0.1, 0.15) is 5.69 Å². The maximum Gasteiger partial charge on any atom is 0.267 e. The summed E-state index contributed by atoms with van der Waals surface area (Å²) in [4.78, 5) is 25.8. The van der Waals surface area contributed by atoms with Crippen LogP contribution in [0.4, 0.5) is 0 Å².